The summed E-state index contributed by atoms with van der Waals surface area (Å²) in [6, 6.07) is 10.1. The molecule has 1 N–H and O–H groups in total. The molecule has 0 aromatic heterocycles. The number of amides is 1. The summed E-state index contributed by atoms with van der Waals surface area (Å²) in [5.41, 5.74) is 1.19. The molecule has 1 amide bonds. The van der Waals surface area contributed by atoms with E-state index in [1.54, 1.807) is 7.11 Å². The van der Waals surface area contributed by atoms with Crippen molar-refractivity contribution in [2.75, 3.05) is 13.7 Å². The van der Waals surface area contributed by atoms with Crippen LogP contribution in [0.2, 0.25) is 0 Å². The smallest absolute Gasteiger partial charge is 0.220 e. The number of methoxy groups -OCH3 is 1. The SMILES string of the molecule is COCC(C)NC(=O)CCc1ccccc1. The molecule has 88 valence electrons. The molecule has 1 aromatic carbocycles. The largest absolute Gasteiger partial charge is 0.383 e. The first-order valence-corrected chi connectivity index (χ1v) is 5.54. The number of aryl methyl sites for hydroxylation is 1. The first-order valence-electron chi connectivity index (χ1n) is 5.54. The Morgan fingerprint density at radius 2 is 2.06 bits per heavy atom. The number of hydrogen-bond acceptors (Lipinski definition) is 2. The molecule has 1 unspecified atom stereocenters. The second-order valence-electron chi connectivity index (χ2n) is 3.91. The van der Waals surface area contributed by atoms with Gasteiger partial charge in [-0.2, -0.15) is 0 Å². The Balaban J connectivity index is 2.25. The second-order valence-corrected chi connectivity index (χ2v) is 3.91. The van der Waals surface area contributed by atoms with Gasteiger partial charge < -0.3 is 10.1 Å². The summed E-state index contributed by atoms with van der Waals surface area (Å²) in [5.74, 6) is 0.0772. The zero-order chi connectivity index (χ0) is 11.8. The van der Waals surface area contributed by atoms with Gasteiger partial charge in [-0.05, 0) is 18.9 Å². The van der Waals surface area contributed by atoms with Gasteiger partial charge in [0.15, 0.2) is 0 Å². The Morgan fingerprint density at radius 1 is 1.38 bits per heavy atom. The Hall–Kier alpha value is -1.35. The number of rotatable bonds is 6. The van der Waals surface area contributed by atoms with Crippen LogP contribution in [0.15, 0.2) is 30.3 Å². The molecule has 0 aliphatic rings. The third kappa shape index (κ3) is 4.94. The molecule has 3 nitrogen and oxygen atoms in total. The molecule has 0 aliphatic carbocycles. The minimum atomic E-state index is 0.0771. The number of benzene rings is 1. The van der Waals surface area contributed by atoms with Crippen LogP contribution < -0.4 is 5.32 Å². The molecular formula is C13H19NO2. The van der Waals surface area contributed by atoms with Crippen molar-refractivity contribution in [2.45, 2.75) is 25.8 Å². The van der Waals surface area contributed by atoms with Gasteiger partial charge in [-0.15, -0.1) is 0 Å². The monoisotopic (exact) mass is 221 g/mol. The summed E-state index contributed by atoms with van der Waals surface area (Å²) in [6.45, 7) is 2.49. The molecule has 0 heterocycles. The van der Waals surface area contributed by atoms with Crippen LogP contribution in [0.4, 0.5) is 0 Å². The van der Waals surface area contributed by atoms with E-state index in [4.69, 9.17) is 4.74 Å². The fourth-order valence-corrected chi connectivity index (χ4v) is 1.54. The van der Waals surface area contributed by atoms with Crippen molar-refractivity contribution in [3.05, 3.63) is 35.9 Å². The van der Waals surface area contributed by atoms with Crippen molar-refractivity contribution < 1.29 is 9.53 Å². The summed E-state index contributed by atoms with van der Waals surface area (Å²) in [7, 11) is 1.63. The molecular weight excluding hydrogens is 202 g/mol. The van der Waals surface area contributed by atoms with Gasteiger partial charge in [0, 0.05) is 19.6 Å². The van der Waals surface area contributed by atoms with E-state index in [1.807, 2.05) is 37.3 Å². The lowest BCUT2D eigenvalue weighted by molar-refractivity contribution is -0.122. The van der Waals surface area contributed by atoms with E-state index in [0.29, 0.717) is 13.0 Å². The van der Waals surface area contributed by atoms with Crippen molar-refractivity contribution in [1.82, 2.24) is 5.32 Å². The third-order valence-corrected chi connectivity index (χ3v) is 2.31. The highest BCUT2D eigenvalue weighted by Gasteiger charge is 2.06. The summed E-state index contributed by atoms with van der Waals surface area (Å²) < 4.78 is 4.95. The highest BCUT2D eigenvalue weighted by Crippen LogP contribution is 2.02. The van der Waals surface area contributed by atoms with Crippen LogP contribution in [-0.2, 0) is 16.0 Å². The predicted molar refractivity (Wildman–Crippen MR) is 64.2 cm³/mol. The summed E-state index contributed by atoms with van der Waals surface area (Å²) in [4.78, 5) is 11.5. The molecule has 0 spiro atoms. The van der Waals surface area contributed by atoms with Crippen LogP contribution in [0.25, 0.3) is 0 Å². The average Bonchev–Trinajstić information content (AvgIpc) is 2.28. The van der Waals surface area contributed by atoms with Crippen LogP contribution in [0.1, 0.15) is 18.9 Å². The minimum absolute atomic E-state index is 0.0771. The quantitative estimate of drug-likeness (QED) is 0.795. The fraction of sp³-hybridized carbons (Fsp3) is 0.462. The second kappa shape index (κ2) is 7.01. The topological polar surface area (TPSA) is 38.3 Å². The first kappa shape index (κ1) is 12.7. The lowest BCUT2D eigenvalue weighted by Gasteiger charge is -2.12. The fourth-order valence-electron chi connectivity index (χ4n) is 1.54. The molecule has 0 saturated carbocycles. The van der Waals surface area contributed by atoms with Gasteiger partial charge in [-0.1, -0.05) is 30.3 Å². The Bertz CT molecular complexity index is 311. The van der Waals surface area contributed by atoms with Crippen LogP contribution in [0.3, 0.4) is 0 Å². The van der Waals surface area contributed by atoms with E-state index in [9.17, 15) is 4.79 Å². The molecule has 0 aliphatic heterocycles. The number of carbonyl (C=O) groups is 1. The van der Waals surface area contributed by atoms with E-state index in [1.165, 1.54) is 5.56 Å². The van der Waals surface area contributed by atoms with Gasteiger partial charge in [0.2, 0.25) is 5.91 Å². The maximum atomic E-state index is 11.5. The van der Waals surface area contributed by atoms with Crippen molar-refractivity contribution in [3.63, 3.8) is 0 Å². The van der Waals surface area contributed by atoms with E-state index in [-0.39, 0.29) is 11.9 Å². The Labute approximate surface area is 96.8 Å². The summed E-state index contributed by atoms with van der Waals surface area (Å²) >= 11 is 0. The summed E-state index contributed by atoms with van der Waals surface area (Å²) in [5, 5.41) is 2.89. The Kier molecular flexibility index (Phi) is 5.57. The highest BCUT2D eigenvalue weighted by molar-refractivity contribution is 5.76. The van der Waals surface area contributed by atoms with Crippen molar-refractivity contribution in [1.29, 1.82) is 0 Å². The lowest BCUT2D eigenvalue weighted by Crippen LogP contribution is -2.35. The zero-order valence-electron chi connectivity index (χ0n) is 9.90. The lowest BCUT2D eigenvalue weighted by atomic mass is 10.1. The molecule has 16 heavy (non-hydrogen) atoms. The van der Waals surface area contributed by atoms with Crippen LogP contribution in [-0.4, -0.2) is 25.7 Å². The van der Waals surface area contributed by atoms with E-state index in [2.05, 4.69) is 5.32 Å². The number of carbonyl (C=O) groups excluding carboxylic acids is 1. The highest BCUT2D eigenvalue weighted by atomic mass is 16.5. The zero-order valence-corrected chi connectivity index (χ0v) is 9.90. The normalized spacial score (nSPS) is 12.1. The molecule has 1 aromatic rings. The van der Waals surface area contributed by atoms with E-state index < -0.39 is 0 Å². The molecule has 0 fully saturated rings. The maximum absolute atomic E-state index is 11.5. The molecule has 1 atom stereocenters. The predicted octanol–water partition coefficient (Wildman–Crippen LogP) is 1.77. The van der Waals surface area contributed by atoms with Crippen LogP contribution in [0, 0.1) is 0 Å². The van der Waals surface area contributed by atoms with Gasteiger partial charge in [0.05, 0.1) is 6.61 Å². The van der Waals surface area contributed by atoms with Crippen LogP contribution >= 0.6 is 0 Å². The average molecular weight is 221 g/mol. The third-order valence-electron chi connectivity index (χ3n) is 2.31. The van der Waals surface area contributed by atoms with Crippen molar-refractivity contribution >= 4 is 5.91 Å². The number of ether oxygens (including phenoxy) is 1. The molecule has 0 saturated heterocycles. The van der Waals surface area contributed by atoms with Gasteiger partial charge in [0.1, 0.15) is 0 Å². The van der Waals surface area contributed by atoms with E-state index in [0.717, 1.165) is 6.42 Å². The number of hydrogen-bond donors (Lipinski definition) is 1. The van der Waals surface area contributed by atoms with Crippen LogP contribution in [0.5, 0.6) is 0 Å². The maximum Gasteiger partial charge on any atom is 0.220 e. The van der Waals surface area contributed by atoms with Crippen molar-refractivity contribution in [2.24, 2.45) is 0 Å². The molecule has 0 bridgehead atoms. The van der Waals surface area contributed by atoms with Gasteiger partial charge in [-0.3, -0.25) is 4.79 Å². The standard InChI is InChI=1S/C13H19NO2/c1-11(10-16-2)14-13(15)9-8-12-6-4-3-5-7-12/h3-7,11H,8-10H2,1-2H3,(H,14,15). The number of nitrogens with one attached hydrogen (secondary N) is 1. The molecule has 0 radical (unpaired) electrons. The molecule has 3 heteroatoms. The van der Waals surface area contributed by atoms with Gasteiger partial charge in [-0.25, -0.2) is 0 Å². The Morgan fingerprint density at radius 3 is 2.69 bits per heavy atom. The summed E-state index contributed by atoms with van der Waals surface area (Å²) in [6.07, 6.45) is 1.31. The van der Waals surface area contributed by atoms with Gasteiger partial charge >= 0.3 is 0 Å². The van der Waals surface area contributed by atoms with E-state index >= 15 is 0 Å². The first-order chi connectivity index (χ1) is 7.72. The van der Waals surface area contributed by atoms with Gasteiger partial charge in [0.25, 0.3) is 0 Å². The minimum Gasteiger partial charge on any atom is -0.383 e. The molecule has 1 rings (SSSR count). The van der Waals surface area contributed by atoms with Crippen molar-refractivity contribution in [3.8, 4) is 0 Å².